The summed E-state index contributed by atoms with van der Waals surface area (Å²) in [5.74, 6) is -2.25. The van der Waals surface area contributed by atoms with Gasteiger partial charge in [-0.15, -0.1) is 10.2 Å². The van der Waals surface area contributed by atoms with Crippen LogP contribution in [0.4, 0.5) is 14.5 Å². The van der Waals surface area contributed by atoms with Crippen molar-refractivity contribution in [3.8, 4) is 22.6 Å². The first-order valence-corrected chi connectivity index (χ1v) is 8.76. The van der Waals surface area contributed by atoms with Crippen LogP contribution in [0.3, 0.4) is 0 Å². The molecular weight excluding hydrogens is 376 g/mol. The molecule has 0 bridgehead atoms. The molecule has 0 aliphatic rings. The van der Waals surface area contributed by atoms with Gasteiger partial charge in [0, 0.05) is 11.3 Å². The van der Waals surface area contributed by atoms with E-state index < -0.39 is 23.1 Å². The fourth-order valence-corrected chi connectivity index (χ4v) is 3.01. The van der Waals surface area contributed by atoms with Crippen LogP contribution in [-0.2, 0) is 0 Å². The van der Waals surface area contributed by atoms with E-state index in [1.807, 2.05) is 37.3 Å². The Balaban J connectivity index is 1.59. The molecule has 0 aliphatic carbocycles. The van der Waals surface area contributed by atoms with Crippen LogP contribution in [0.1, 0.15) is 15.9 Å². The van der Waals surface area contributed by atoms with E-state index >= 15 is 0 Å². The number of hydrogen-bond donors (Lipinski definition) is 1. The summed E-state index contributed by atoms with van der Waals surface area (Å²) in [6, 6.07) is 16.0. The molecule has 1 aromatic heterocycles. The minimum absolute atomic E-state index is 0.419. The Hall–Kier alpha value is -3.87. The highest BCUT2D eigenvalue weighted by Crippen LogP contribution is 2.29. The number of hydrogen-bond acceptors (Lipinski definition) is 4. The van der Waals surface area contributed by atoms with Crippen LogP contribution >= 0.6 is 0 Å². The molecule has 144 valence electrons. The van der Waals surface area contributed by atoms with Crippen LogP contribution in [-0.4, -0.2) is 16.1 Å². The Morgan fingerprint density at radius 2 is 1.66 bits per heavy atom. The Morgan fingerprint density at radius 3 is 2.31 bits per heavy atom. The highest BCUT2D eigenvalue weighted by atomic mass is 19.1. The number of nitrogens with one attached hydrogen (secondary N) is 1. The molecular formula is C22H15F2N3O2. The van der Waals surface area contributed by atoms with Gasteiger partial charge in [0.1, 0.15) is 17.2 Å². The predicted molar refractivity (Wildman–Crippen MR) is 104 cm³/mol. The Bertz CT molecular complexity index is 1150. The van der Waals surface area contributed by atoms with Crippen molar-refractivity contribution in [2.75, 3.05) is 5.32 Å². The Kier molecular flexibility index (Phi) is 4.87. The molecule has 1 heterocycles. The second-order valence-corrected chi connectivity index (χ2v) is 6.40. The van der Waals surface area contributed by atoms with E-state index in [4.69, 9.17) is 4.42 Å². The van der Waals surface area contributed by atoms with Gasteiger partial charge in [-0.2, -0.15) is 0 Å². The molecule has 1 N–H and O–H groups in total. The fourth-order valence-electron chi connectivity index (χ4n) is 3.01. The zero-order valence-corrected chi connectivity index (χ0v) is 15.3. The van der Waals surface area contributed by atoms with E-state index in [-0.39, 0.29) is 0 Å². The van der Waals surface area contributed by atoms with Gasteiger partial charge >= 0.3 is 0 Å². The van der Waals surface area contributed by atoms with E-state index in [0.717, 1.165) is 34.4 Å². The maximum absolute atomic E-state index is 13.8. The van der Waals surface area contributed by atoms with Gasteiger partial charge < -0.3 is 9.73 Å². The van der Waals surface area contributed by atoms with E-state index in [1.165, 1.54) is 12.5 Å². The quantitative estimate of drug-likeness (QED) is 0.516. The number of rotatable bonds is 4. The predicted octanol–water partition coefficient (Wildman–Crippen LogP) is 5.24. The lowest BCUT2D eigenvalue weighted by atomic mass is 9.98. The van der Waals surface area contributed by atoms with Gasteiger partial charge in [-0.1, -0.05) is 24.3 Å². The van der Waals surface area contributed by atoms with Crippen LogP contribution in [0.5, 0.6) is 0 Å². The van der Waals surface area contributed by atoms with Crippen molar-refractivity contribution >= 4 is 11.6 Å². The summed E-state index contributed by atoms with van der Waals surface area (Å²) in [5, 5.41) is 10.1. The number of aryl methyl sites for hydroxylation is 1. The lowest BCUT2D eigenvalue weighted by molar-refractivity contribution is 0.101. The second kappa shape index (κ2) is 7.63. The molecule has 0 saturated heterocycles. The van der Waals surface area contributed by atoms with Gasteiger partial charge in [0.15, 0.2) is 0 Å². The number of carbonyl (C=O) groups is 1. The summed E-state index contributed by atoms with van der Waals surface area (Å²) in [6.07, 6.45) is 1.27. The molecule has 0 unspecified atom stereocenters. The Morgan fingerprint density at radius 1 is 0.966 bits per heavy atom. The van der Waals surface area contributed by atoms with Gasteiger partial charge in [-0.05, 0) is 60.0 Å². The zero-order chi connectivity index (χ0) is 20.4. The number of carbonyl (C=O) groups excluding carboxylic acids is 1. The number of aromatic nitrogens is 2. The molecule has 4 rings (SSSR count). The topological polar surface area (TPSA) is 68.0 Å². The van der Waals surface area contributed by atoms with Crippen LogP contribution in [0, 0.1) is 18.6 Å². The average molecular weight is 391 g/mol. The first kappa shape index (κ1) is 18.5. The summed E-state index contributed by atoms with van der Waals surface area (Å²) in [7, 11) is 0. The number of amides is 1. The van der Waals surface area contributed by atoms with Crippen LogP contribution in [0.25, 0.3) is 22.6 Å². The summed E-state index contributed by atoms with van der Waals surface area (Å²) in [6.45, 7) is 1.98. The van der Waals surface area contributed by atoms with Crippen molar-refractivity contribution in [1.29, 1.82) is 0 Å². The SMILES string of the molecule is Cc1ccc(-c2nnco2)cc1-c1ccc(NC(=O)c2c(F)cccc2F)cc1. The average Bonchev–Trinajstić information content (AvgIpc) is 3.24. The van der Waals surface area contributed by atoms with E-state index in [2.05, 4.69) is 15.5 Å². The summed E-state index contributed by atoms with van der Waals surface area (Å²) in [5.41, 5.74) is 3.50. The maximum atomic E-state index is 13.8. The molecule has 4 aromatic rings. The largest absolute Gasteiger partial charge is 0.423 e. The van der Waals surface area contributed by atoms with Gasteiger partial charge in [-0.25, -0.2) is 8.78 Å². The number of nitrogens with zero attached hydrogens (tertiary/aromatic N) is 2. The number of anilines is 1. The summed E-state index contributed by atoms with van der Waals surface area (Å²) >= 11 is 0. The van der Waals surface area contributed by atoms with Crippen LogP contribution in [0.2, 0.25) is 0 Å². The minimum Gasteiger partial charge on any atom is -0.423 e. The van der Waals surface area contributed by atoms with Gasteiger partial charge in [0.25, 0.3) is 5.91 Å². The molecule has 0 saturated carbocycles. The zero-order valence-electron chi connectivity index (χ0n) is 15.3. The van der Waals surface area contributed by atoms with E-state index in [9.17, 15) is 13.6 Å². The van der Waals surface area contributed by atoms with Crippen molar-refractivity contribution in [3.63, 3.8) is 0 Å². The first-order valence-electron chi connectivity index (χ1n) is 8.76. The molecule has 0 aliphatic heterocycles. The van der Waals surface area contributed by atoms with Crippen molar-refractivity contribution in [2.24, 2.45) is 0 Å². The maximum Gasteiger partial charge on any atom is 0.261 e. The van der Waals surface area contributed by atoms with Crippen molar-refractivity contribution in [3.05, 3.63) is 89.8 Å². The standard InChI is InChI=1S/C22H15F2N3O2/c1-13-5-6-15(22-27-25-12-29-22)11-17(13)14-7-9-16(10-8-14)26-21(28)20-18(23)3-2-4-19(20)24/h2-12H,1H3,(H,26,28). The molecule has 7 heteroatoms. The summed E-state index contributed by atoms with van der Waals surface area (Å²) < 4.78 is 32.8. The lowest BCUT2D eigenvalue weighted by Gasteiger charge is -2.10. The number of benzene rings is 3. The third-order valence-electron chi connectivity index (χ3n) is 4.49. The van der Waals surface area contributed by atoms with Crippen molar-refractivity contribution in [2.45, 2.75) is 6.92 Å². The number of halogens is 2. The molecule has 5 nitrogen and oxygen atoms in total. The van der Waals surface area contributed by atoms with Crippen LogP contribution in [0.15, 0.2) is 71.5 Å². The summed E-state index contributed by atoms with van der Waals surface area (Å²) in [4.78, 5) is 12.2. The molecule has 3 aromatic carbocycles. The minimum atomic E-state index is -0.910. The van der Waals surface area contributed by atoms with Gasteiger partial charge in [0.2, 0.25) is 12.3 Å². The monoisotopic (exact) mass is 391 g/mol. The molecule has 0 fully saturated rings. The van der Waals surface area contributed by atoms with E-state index in [0.29, 0.717) is 11.6 Å². The highest BCUT2D eigenvalue weighted by Gasteiger charge is 2.17. The third kappa shape index (κ3) is 3.75. The van der Waals surface area contributed by atoms with Gasteiger partial charge in [-0.3, -0.25) is 4.79 Å². The molecule has 1 amide bonds. The smallest absolute Gasteiger partial charge is 0.261 e. The molecule has 0 spiro atoms. The third-order valence-corrected chi connectivity index (χ3v) is 4.49. The highest BCUT2D eigenvalue weighted by molar-refractivity contribution is 6.04. The van der Waals surface area contributed by atoms with Crippen molar-refractivity contribution in [1.82, 2.24) is 10.2 Å². The van der Waals surface area contributed by atoms with Crippen LogP contribution < -0.4 is 5.32 Å². The van der Waals surface area contributed by atoms with Gasteiger partial charge in [0.05, 0.1) is 0 Å². The molecule has 0 atom stereocenters. The van der Waals surface area contributed by atoms with Crippen molar-refractivity contribution < 1.29 is 18.0 Å². The fraction of sp³-hybridized carbons (Fsp3) is 0.0455. The molecule has 0 radical (unpaired) electrons. The molecule has 29 heavy (non-hydrogen) atoms. The lowest BCUT2D eigenvalue weighted by Crippen LogP contribution is -2.15. The Labute approximate surface area is 165 Å². The van der Waals surface area contributed by atoms with E-state index in [1.54, 1.807) is 12.1 Å². The normalized spacial score (nSPS) is 10.7. The second-order valence-electron chi connectivity index (χ2n) is 6.40. The first-order chi connectivity index (χ1) is 14.0.